The highest BCUT2D eigenvalue weighted by Gasteiger charge is 2.18. The lowest BCUT2D eigenvalue weighted by molar-refractivity contribution is 0.580. The molecule has 1 aromatic heterocycles. The van der Waals surface area contributed by atoms with E-state index in [1.165, 1.54) is 6.07 Å². The second-order valence-corrected chi connectivity index (χ2v) is 6.86. The molecule has 0 amide bonds. The third kappa shape index (κ3) is 3.08. The predicted molar refractivity (Wildman–Crippen MR) is 82.3 cm³/mol. The SMILES string of the molecule is Cc1cc(N)ccc1S(=O)(=O)NCc1c(C)nn(C)c1C. The van der Waals surface area contributed by atoms with Gasteiger partial charge < -0.3 is 5.73 Å². The summed E-state index contributed by atoms with van der Waals surface area (Å²) in [5.41, 5.74) is 9.50. The smallest absolute Gasteiger partial charge is 0.241 e. The zero-order valence-electron chi connectivity index (χ0n) is 12.6. The molecule has 0 spiro atoms. The first-order chi connectivity index (χ1) is 9.72. The molecular weight excluding hydrogens is 288 g/mol. The zero-order valence-corrected chi connectivity index (χ0v) is 13.5. The van der Waals surface area contributed by atoms with Crippen LogP contribution >= 0.6 is 0 Å². The van der Waals surface area contributed by atoms with Gasteiger partial charge >= 0.3 is 0 Å². The van der Waals surface area contributed by atoms with Crippen molar-refractivity contribution in [3.05, 3.63) is 40.7 Å². The molecule has 0 radical (unpaired) electrons. The predicted octanol–water partition coefficient (Wildman–Crippen LogP) is 1.41. The van der Waals surface area contributed by atoms with Gasteiger partial charge in [-0.15, -0.1) is 0 Å². The molecule has 0 unspecified atom stereocenters. The Morgan fingerprint density at radius 2 is 1.95 bits per heavy atom. The lowest BCUT2D eigenvalue weighted by atomic mass is 10.2. The summed E-state index contributed by atoms with van der Waals surface area (Å²) in [5.74, 6) is 0. The Bertz CT molecular complexity index is 779. The van der Waals surface area contributed by atoms with Crippen LogP contribution in [0, 0.1) is 20.8 Å². The topological polar surface area (TPSA) is 90.0 Å². The van der Waals surface area contributed by atoms with Gasteiger partial charge in [0.2, 0.25) is 10.0 Å². The van der Waals surface area contributed by atoms with Gasteiger partial charge in [0, 0.05) is 30.5 Å². The highest BCUT2D eigenvalue weighted by Crippen LogP contribution is 2.19. The van der Waals surface area contributed by atoms with Crippen LogP contribution in [-0.2, 0) is 23.6 Å². The third-order valence-corrected chi connectivity index (χ3v) is 5.15. The molecule has 0 saturated carbocycles. The van der Waals surface area contributed by atoms with E-state index in [4.69, 9.17) is 5.73 Å². The van der Waals surface area contributed by atoms with E-state index in [2.05, 4.69) is 9.82 Å². The Labute approximate surface area is 125 Å². The summed E-state index contributed by atoms with van der Waals surface area (Å²) in [7, 11) is -1.74. The number of aromatic nitrogens is 2. The van der Waals surface area contributed by atoms with Gasteiger partial charge in [0.25, 0.3) is 0 Å². The van der Waals surface area contributed by atoms with Crippen molar-refractivity contribution in [1.82, 2.24) is 14.5 Å². The average molecular weight is 308 g/mol. The van der Waals surface area contributed by atoms with E-state index >= 15 is 0 Å². The van der Waals surface area contributed by atoms with Crippen molar-refractivity contribution in [3.63, 3.8) is 0 Å². The summed E-state index contributed by atoms with van der Waals surface area (Å²) in [5, 5.41) is 4.28. The van der Waals surface area contributed by atoms with Crippen LogP contribution in [0.2, 0.25) is 0 Å². The van der Waals surface area contributed by atoms with E-state index < -0.39 is 10.0 Å². The molecule has 0 fully saturated rings. The molecule has 6 nitrogen and oxygen atoms in total. The maximum atomic E-state index is 12.4. The minimum Gasteiger partial charge on any atom is -0.399 e. The standard InChI is InChI=1S/C14H20N4O2S/c1-9-7-12(15)5-6-14(9)21(19,20)16-8-13-10(2)17-18(4)11(13)3/h5-7,16H,8,15H2,1-4H3. The van der Waals surface area contributed by atoms with E-state index in [1.807, 2.05) is 20.9 Å². The molecule has 114 valence electrons. The molecule has 0 aliphatic rings. The van der Waals surface area contributed by atoms with Crippen LogP contribution in [0.3, 0.4) is 0 Å². The van der Waals surface area contributed by atoms with Crippen LogP contribution in [0.1, 0.15) is 22.5 Å². The van der Waals surface area contributed by atoms with Crippen LogP contribution in [0.15, 0.2) is 23.1 Å². The molecular formula is C14H20N4O2S. The van der Waals surface area contributed by atoms with E-state index in [0.717, 1.165) is 17.0 Å². The van der Waals surface area contributed by atoms with Gasteiger partial charge in [-0.1, -0.05) is 0 Å². The number of hydrogen-bond donors (Lipinski definition) is 2. The fourth-order valence-corrected chi connectivity index (χ4v) is 3.51. The molecule has 7 heteroatoms. The minimum atomic E-state index is -3.57. The van der Waals surface area contributed by atoms with Gasteiger partial charge in [-0.05, 0) is 44.5 Å². The Balaban J connectivity index is 2.26. The maximum absolute atomic E-state index is 12.4. The summed E-state index contributed by atoms with van der Waals surface area (Å²) in [6.07, 6.45) is 0. The molecule has 2 rings (SSSR count). The Morgan fingerprint density at radius 1 is 1.29 bits per heavy atom. The number of hydrogen-bond acceptors (Lipinski definition) is 4. The molecule has 21 heavy (non-hydrogen) atoms. The largest absolute Gasteiger partial charge is 0.399 e. The number of benzene rings is 1. The minimum absolute atomic E-state index is 0.220. The maximum Gasteiger partial charge on any atom is 0.241 e. The summed E-state index contributed by atoms with van der Waals surface area (Å²) < 4.78 is 29.1. The Kier molecular flexibility index (Phi) is 4.06. The summed E-state index contributed by atoms with van der Waals surface area (Å²) >= 11 is 0. The number of anilines is 1. The Morgan fingerprint density at radius 3 is 2.48 bits per heavy atom. The number of rotatable bonds is 4. The molecule has 0 saturated heterocycles. The molecule has 0 atom stereocenters. The van der Waals surface area contributed by atoms with Crippen LogP contribution in [-0.4, -0.2) is 18.2 Å². The lowest BCUT2D eigenvalue weighted by Crippen LogP contribution is -2.24. The van der Waals surface area contributed by atoms with Gasteiger partial charge in [0.15, 0.2) is 0 Å². The van der Waals surface area contributed by atoms with Crippen molar-refractivity contribution in [2.24, 2.45) is 7.05 Å². The first kappa shape index (κ1) is 15.5. The molecule has 0 bridgehead atoms. The number of aryl methyl sites for hydroxylation is 3. The summed E-state index contributed by atoms with van der Waals surface area (Å²) in [6, 6.07) is 4.76. The van der Waals surface area contributed by atoms with Crippen LogP contribution in [0.4, 0.5) is 5.69 Å². The number of sulfonamides is 1. The highest BCUT2D eigenvalue weighted by atomic mass is 32.2. The normalized spacial score (nSPS) is 11.8. The number of nitrogens with zero attached hydrogens (tertiary/aromatic N) is 2. The second-order valence-electron chi connectivity index (χ2n) is 5.12. The number of nitrogens with one attached hydrogen (secondary N) is 1. The second kappa shape index (κ2) is 5.50. The van der Waals surface area contributed by atoms with Gasteiger partial charge in [-0.3, -0.25) is 4.68 Å². The van der Waals surface area contributed by atoms with E-state index in [0.29, 0.717) is 11.3 Å². The van der Waals surface area contributed by atoms with Crippen LogP contribution in [0.25, 0.3) is 0 Å². The lowest BCUT2D eigenvalue weighted by Gasteiger charge is -2.10. The van der Waals surface area contributed by atoms with Gasteiger partial charge in [-0.25, -0.2) is 13.1 Å². The molecule has 2 aromatic rings. The molecule has 1 aromatic carbocycles. The van der Waals surface area contributed by atoms with Crippen molar-refractivity contribution in [2.45, 2.75) is 32.2 Å². The third-order valence-electron chi connectivity index (χ3n) is 3.59. The van der Waals surface area contributed by atoms with Gasteiger partial charge in [-0.2, -0.15) is 5.10 Å². The van der Waals surface area contributed by atoms with E-state index in [9.17, 15) is 8.42 Å². The van der Waals surface area contributed by atoms with Crippen molar-refractivity contribution in [1.29, 1.82) is 0 Å². The van der Waals surface area contributed by atoms with Crippen LogP contribution < -0.4 is 10.5 Å². The highest BCUT2D eigenvalue weighted by molar-refractivity contribution is 7.89. The zero-order chi connectivity index (χ0) is 15.8. The van der Waals surface area contributed by atoms with Gasteiger partial charge in [0.05, 0.1) is 10.6 Å². The quantitative estimate of drug-likeness (QED) is 0.836. The number of nitrogens with two attached hydrogens (primary N) is 1. The van der Waals surface area contributed by atoms with Crippen molar-refractivity contribution in [2.75, 3.05) is 5.73 Å². The fourth-order valence-electron chi connectivity index (χ4n) is 2.29. The average Bonchev–Trinajstić information content (AvgIpc) is 2.60. The van der Waals surface area contributed by atoms with Crippen molar-refractivity contribution in [3.8, 4) is 0 Å². The van der Waals surface area contributed by atoms with Crippen molar-refractivity contribution >= 4 is 15.7 Å². The monoisotopic (exact) mass is 308 g/mol. The van der Waals surface area contributed by atoms with E-state index in [-0.39, 0.29) is 11.4 Å². The molecule has 1 heterocycles. The van der Waals surface area contributed by atoms with Crippen LogP contribution in [0.5, 0.6) is 0 Å². The first-order valence-corrected chi connectivity index (χ1v) is 8.05. The Hall–Kier alpha value is -1.86. The summed E-state index contributed by atoms with van der Waals surface area (Å²) in [4.78, 5) is 0.246. The van der Waals surface area contributed by atoms with Crippen molar-refractivity contribution < 1.29 is 8.42 Å². The molecule has 0 aliphatic carbocycles. The van der Waals surface area contributed by atoms with E-state index in [1.54, 1.807) is 23.7 Å². The molecule has 3 N–H and O–H groups in total. The number of nitrogen functional groups attached to an aromatic ring is 1. The first-order valence-electron chi connectivity index (χ1n) is 6.57. The van der Waals surface area contributed by atoms with Gasteiger partial charge in [0.1, 0.15) is 0 Å². The fraction of sp³-hybridized carbons (Fsp3) is 0.357. The summed E-state index contributed by atoms with van der Waals surface area (Å²) in [6.45, 7) is 5.73. The molecule has 0 aliphatic heterocycles.